The summed E-state index contributed by atoms with van der Waals surface area (Å²) in [7, 11) is 1.53. The van der Waals surface area contributed by atoms with Crippen molar-refractivity contribution in [2.24, 2.45) is 0 Å². The Kier molecular flexibility index (Phi) is 8.35. The van der Waals surface area contributed by atoms with E-state index in [1.165, 1.54) is 26.2 Å². The summed E-state index contributed by atoms with van der Waals surface area (Å²) < 4.78 is 25.6. The monoisotopic (exact) mass is 550 g/mol. The third-order valence-electron chi connectivity index (χ3n) is 6.56. The van der Waals surface area contributed by atoms with Gasteiger partial charge in [0, 0.05) is 21.7 Å². The summed E-state index contributed by atoms with van der Waals surface area (Å²) in [6.45, 7) is 4.99. The lowest BCUT2D eigenvalue weighted by molar-refractivity contribution is -0.154. The third kappa shape index (κ3) is 6.12. The van der Waals surface area contributed by atoms with Crippen LogP contribution in [0.3, 0.4) is 0 Å². The van der Waals surface area contributed by atoms with Gasteiger partial charge in [-0.1, -0.05) is 23.7 Å². The Bertz CT molecular complexity index is 1530. The van der Waals surface area contributed by atoms with Gasteiger partial charge in [-0.15, -0.1) is 0 Å². The lowest BCUT2D eigenvalue weighted by Crippen LogP contribution is -2.37. The van der Waals surface area contributed by atoms with Crippen molar-refractivity contribution in [3.05, 3.63) is 100.0 Å². The number of nitrogens with zero attached hydrogens (tertiary/aromatic N) is 1. The van der Waals surface area contributed by atoms with Crippen LogP contribution in [-0.2, 0) is 20.7 Å². The van der Waals surface area contributed by atoms with Crippen molar-refractivity contribution < 1.29 is 28.2 Å². The van der Waals surface area contributed by atoms with E-state index in [2.05, 4.69) is 5.32 Å². The molecule has 7 nitrogen and oxygen atoms in total. The normalized spacial score (nSPS) is 12.6. The molecule has 0 saturated carbocycles. The molecule has 1 N–H and O–H groups in total. The zero-order chi connectivity index (χ0) is 28.3. The Morgan fingerprint density at radius 3 is 2.31 bits per heavy atom. The zero-order valence-electron chi connectivity index (χ0n) is 22.0. The maximum atomic E-state index is 13.5. The van der Waals surface area contributed by atoms with E-state index < -0.39 is 24.0 Å². The highest BCUT2D eigenvalue weighted by atomic mass is 35.5. The second kappa shape index (κ2) is 11.7. The number of methoxy groups -OCH3 is 1. The van der Waals surface area contributed by atoms with Crippen LogP contribution in [0.2, 0.25) is 5.02 Å². The van der Waals surface area contributed by atoms with Crippen LogP contribution in [0, 0.1) is 12.7 Å². The SMILES string of the molecule is COc1ccc2c(c1)c(CC(=O)OC(C)C(=O)NC(C)c1ccc(F)cc1)c(C)n2C(=O)c1ccc(Cl)cc1. The van der Waals surface area contributed by atoms with Crippen LogP contribution in [0.1, 0.15) is 47.1 Å². The average molecular weight is 551 g/mol. The highest BCUT2D eigenvalue weighted by Crippen LogP contribution is 2.31. The fourth-order valence-corrected chi connectivity index (χ4v) is 4.52. The summed E-state index contributed by atoms with van der Waals surface area (Å²) in [6.07, 6.45) is -1.24. The van der Waals surface area contributed by atoms with Crippen LogP contribution in [-0.4, -0.2) is 35.6 Å². The molecule has 2 atom stereocenters. The fourth-order valence-electron chi connectivity index (χ4n) is 4.40. The van der Waals surface area contributed by atoms with Crippen molar-refractivity contribution in [2.45, 2.75) is 39.3 Å². The van der Waals surface area contributed by atoms with Crippen LogP contribution >= 0.6 is 11.6 Å². The summed E-state index contributed by atoms with van der Waals surface area (Å²) in [5.74, 6) is -1.20. The minimum absolute atomic E-state index is 0.165. The lowest BCUT2D eigenvalue weighted by Gasteiger charge is -2.18. The van der Waals surface area contributed by atoms with Gasteiger partial charge in [-0.3, -0.25) is 19.0 Å². The number of ether oxygens (including phenoxy) is 2. The first-order valence-electron chi connectivity index (χ1n) is 12.3. The van der Waals surface area contributed by atoms with E-state index in [1.54, 1.807) is 73.0 Å². The molecule has 1 amide bonds. The Hall–Kier alpha value is -4.17. The lowest BCUT2D eigenvalue weighted by atomic mass is 10.1. The number of hydrogen-bond donors (Lipinski definition) is 1. The first kappa shape index (κ1) is 27.9. The number of carbonyl (C=O) groups is 3. The number of benzene rings is 3. The van der Waals surface area contributed by atoms with Crippen molar-refractivity contribution >= 4 is 40.3 Å². The summed E-state index contributed by atoms with van der Waals surface area (Å²) in [5, 5.41) is 3.94. The molecule has 202 valence electrons. The van der Waals surface area contributed by atoms with Crippen molar-refractivity contribution in [1.82, 2.24) is 9.88 Å². The van der Waals surface area contributed by atoms with Gasteiger partial charge in [0.25, 0.3) is 11.8 Å². The van der Waals surface area contributed by atoms with Crippen molar-refractivity contribution in [3.63, 3.8) is 0 Å². The smallest absolute Gasteiger partial charge is 0.311 e. The van der Waals surface area contributed by atoms with Gasteiger partial charge in [-0.25, -0.2) is 4.39 Å². The predicted octanol–water partition coefficient (Wildman–Crippen LogP) is 5.79. The van der Waals surface area contributed by atoms with E-state index in [0.717, 1.165) is 0 Å². The molecule has 0 saturated heterocycles. The molecule has 0 aliphatic carbocycles. The molecule has 1 aromatic heterocycles. The van der Waals surface area contributed by atoms with Gasteiger partial charge in [0.15, 0.2) is 6.10 Å². The number of hydrogen-bond acceptors (Lipinski definition) is 5. The van der Waals surface area contributed by atoms with Gasteiger partial charge >= 0.3 is 5.97 Å². The minimum atomic E-state index is -1.07. The van der Waals surface area contributed by atoms with Crippen LogP contribution in [0.5, 0.6) is 5.75 Å². The van der Waals surface area contributed by atoms with E-state index in [9.17, 15) is 18.8 Å². The van der Waals surface area contributed by atoms with Gasteiger partial charge in [0.05, 0.1) is 25.1 Å². The highest BCUT2D eigenvalue weighted by Gasteiger charge is 2.25. The van der Waals surface area contributed by atoms with Gasteiger partial charge in [-0.05, 0) is 86.5 Å². The van der Waals surface area contributed by atoms with Crippen molar-refractivity contribution in [2.75, 3.05) is 7.11 Å². The van der Waals surface area contributed by atoms with E-state index >= 15 is 0 Å². The minimum Gasteiger partial charge on any atom is -0.497 e. The predicted molar refractivity (Wildman–Crippen MR) is 147 cm³/mol. The number of carbonyl (C=O) groups excluding carboxylic acids is 3. The molecule has 4 aromatic rings. The van der Waals surface area contributed by atoms with Crippen LogP contribution in [0.25, 0.3) is 10.9 Å². The van der Waals surface area contributed by atoms with E-state index in [4.69, 9.17) is 21.1 Å². The third-order valence-corrected chi connectivity index (χ3v) is 6.82. The molecule has 0 spiro atoms. The summed E-state index contributed by atoms with van der Waals surface area (Å²) in [6, 6.07) is 17.2. The maximum Gasteiger partial charge on any atom is 0.311 e. The molecular weight excluding hydrogens is 523 g/mol. The van der Waals surface area contributed by atoms with Crippen LogP contribution < -0.4 is 10.1 Å². The standard InChI is InChI=1S/C30H28ClFN2O5/c1-17(20-7-11-23(32)12-8-20)33-29(36)19(3)39-28(35)16-25-18(2)34(27-14-13-24(38-4)15-26(25)27)30(37)21-5-9-22(31)10-6-21/h5-15,17,19H,16H2,1-4H3,(H,33,36). The molecule has 2 unspecified atom stereocenters. The molecule has 1 heterocycles. The number of fused-ring (bicyclic) bond motifs is 1. The largest absolute Gasteiger partial charge is 0.497 e. The van der Waals surface area contributed by atoms with E-state index in [0.29, 0.717) is 44.1 Å². The highest BCUT2D eigenvalue weighted by molar-refractivity contribution is 6.30. The molecule has 4 rings (SSSR count). The number of amides is 1. The molecule has 0 radical (unpaired) electrons. The first-order chi connectivity index (χ1) is 18.6. The van der Waals surface area contributed by atoms with Crippen LogP contribution in [0.4, 0.5) is 4.39 Å². The molecule has 0 aliphatic rings. The van der Waals surface area contributed by atoms with Crippen molar-refractivity contribution in [1.29, 1.82) is 0 Å². The zero-order valence-corrected chi connectivity index (χ0v) is 22.7. The topological polar surface area (TPSA) is 86.6 Å². The molecule has 3 aromatic carbocycles. The van der Waals surface area contributed by atoms with Crippen LogP contribution in [0.15, 0.2) is 66.7 Å². The van der Waals surface area contributed by atoms with Crippen molar-refractivity contribution in [3.8, 4) is 5.75 Å². The fraction of sp³-hybridized carbons (Fsp3) is 0.233. The van der Waals surface area contributed by atoms with Gasteiger partial charge < -0.3 is 14.8 Å². The second-order valence-electron chi connectivity index (χ2n) is 9.19. The van der Waals surface area contributed by atoms with E-state index in [-0.39, 0.29) is 18.1 Å². The maximum absolute atomic E-state index is 13.5. The molecule has 39 heavy (non-hydrogen) atoms. The number of esters is 1. The number of rotatable bonds is 8. The van der Waals surface area contributed by atoms with E-state index in [1.807, 2.05) is 0 Å². The second-order valence-corrected chi connectivity index (χ2v) is 9.62. The molecule has 0 bridgehead atoms. The average Bonchev–Trinajstić information content (AvgIpc) is 3.18. The Morgan fingerprint density at radius 2 is 1.67 bits per heavy atom. The first-order valence-corrected chi connectivity index (χ1v) is 12.7. The van der Waals surface area contributed by atoms with Gasteiger partial charge in [0.1, 0.15) is 11.6 Å². The molecule has 0 fully saturated rings. The summed E-state index contributed by atoms with van der Waals surface area (Å²) in [5.41, 5.74) is 2.91. The Morgan fingerprint density at radius 1 is 1.00 bits per heavy atom. The Balaban J connectivity index is 1.55. The number of nitrogens with one attached hydrogen (secondary N) is 1. The summed E-state index contributed by atoms with van der Waals surface area (Å²) >= 11 is 5.99. The molecular formula is C30H28ClFN2O5. The number of halogens is 2. The summed E-state index contributed by atoms with van der Waals surface area (Å²) in [4.78, 5) is 39.1. The quantitative estimate of drug-likeness (QED) is 0.281. The molecule has 9 heteroatoms. The molecule has 0 aliphatic heterocycles. The van der Waals surface area contributed by atoms with Gasteiger partial charge in [0.2, 0.25) is 0 Å². The van der Waals surface area contributed by atoms with Gasteiger partial charge in [-0.2, -0.15) is 0 Å². The number of aromatic nitrogens is 1. The Labute approximate surface area is 230 Å².